The number of imidazole rings is 1. The minimum absolute atomic E-state index is 0.211. The third-order valence-electron chi connectivity index (χ3n) is 2.70. The number of nitrogens with zero attached hydrogens (tertiary/aromatic N) is 2. The zero-order valence-electron chi connectivity index (χ0n) is 9.86. The minimum Gasteiger partial charge on any atom is -0.337 e. The molecule has 0 saturated heterocycles. The van der Waals surface area contributed by atoms with Gasteiger partial charge in [-0.1, -0.05) is 12.1 Å². The van der Waals surface area contributed by atoms with Crippen molar-refractivity contribution in [3.63, 3.8) is 0 Å². The summed E-state index contributed by atoms with van der Waals surface area (Å²) in [5, 5.41) is 0. The van der Waals surface area contributed by atoms with E-state index in [-0.39, 0.29) is 5.82 Å². The van der Waals surface area contributed by atoms with Gasteiger partial charge < -0.3 is 10.3 Å². The van der Waals surface area contributed by atoms with Crippen LogP contribution in [0.15, 0.2) is 30.5 Å². The maximum atomic E-state index is 12.8. The van der Waals surface area contributed by atoms with Crippen LogP contribution >= 0.6 is 0 Å². The average molecular weight is 233 g/mol. The molecule has 0 fully saturated rings. The third kappa shape index (κ3) is 2.91. The van der Waals surface area contributed by atoms with Crippen molar-refractivity contribution < 1.29 is 4.39 Å². The van der Waals surface area contributed by atoms with Crippen molar-refractivity contribution in [2.45, 2.75) is 12.8 Å². The molecule has 0 aliphatic heterocycles. The van der Waals surface area contributed by atoms with E-state index in [2.05, 4.69) is 4.98 Å². The van der Waals surface area contributed by atoms with Crippen molar-refractivity contribution in [3.05, 3.63) is 53.4 Å². The second-order valence-corrected chi connectivity index (χ2v) is 4.10. The zero-order chi connectivity index (χ0) is 12.3. The van der Waals surface area contributed by atoms with Crippen LogP contribution in [-0.2, 0) is 19.9 Å². The molecular weight excluding hydrogens is 217 g/mol. The second kappa shape index (κ2) is 5.10. The Morgan fingerprint density at radius 2 is 2.00 bits per heavy atom. The Labute approximate surface area is 100 Å². The van der Waals surface area contributed by atoms with E-state index in [9.17, 15) is 4.39 Å². The van der Waals surface area contributed by atoms with Crippen LogP contribution in [0.1, 0.15) is 17.1 Å². The molecule has 0 bridgehead atoms. The van der Waals surface area contributed by atoms with E-state index in [1.807, 2.05) is 17.8 Å². The summed E-state index contributed by atoms with van der Waals surface area (Å²) in [7, 11) is 1.96. The molecule has 90 valence electrons. The van der Waals surface area contributed by atoms with Crippen LogP contribution in [0.25, 0.3) is 0 Å². The lowest BCUT2D eigenvalue weighted by Crippen LogP contribution is -2.02. The van der Waals surface area contributed by atoms with E-state index in [1.54, 1.807) is 12.1 Å². The molecule has 0 aliphatic carbocycles. The van der Waals surface area contributed by atoms with E-state index in [1.165, 1.54) is 12.1 Å². The Morgan fingerprint density at radius 3 is 2.65 bits per heavy atom. The van der Waals surface area contributed by atoms with Crippen LogP contribution < -0.4 is 5.73 Å². The highest BCUT2D eigenvalue weighted by Crippen LogP contribution is 2.10. The molecule has 2 rings (SSSR count). The van der Waals surface area contributed by atoms with Crippen molar-refractivity contribution in [2.75, 3.05) is 6.54 Å². The maximum absolute atomic E-state index is 12.8. The predicted molar refractivity (Wildman–Crippen MR) is 65.2 cm³/mol. The van der Waals surface area contributed by atoms with Crippen molar-refractivity contribution in [3.8, 4) is 0 Å². The van der Waals surface area contributed by atoms with Gasteiger partial charge in [-0.3, -0.25) is 0 Å². The first-order valence-corrected chi connectivity index (χ1v) is 5.64. The number of aryl methyl sites for hydroxylation is 1. The predicted octanol–water partition coefficient (Wildman–Crippen LogP) is 1.65. The number of hydrogen-bond donors (Lipinski definition) is 1. The molecule has 0 amide bonds. The first-order chi connectivity index (χ1) is 8.19. The number of halogens is 1. The van der Waals surface area contributed by atoms with Crippen LogP contribution in [0.5, 0.6) is 0 Å². The SMILES string of the molecule is Cn1cc(CCN)nc1Cc1ccc(F)cc1. The lowest BCUT2D eigenvalue weighted by atomic mass is 10.1. The van der Waals surface area contributed by atoms with Crippen LogP contribution in [0.3, 0.4) is 0 Å². The van der Waals surface area contributed by atoms with Gasteiger partial charge in [-0.15, -0.1) is 0 Å². The van der Waals surface area contributed by atoms with Gasteiger partial charge in [0.05, 0.1) is 5.69 Å². The molecule has 0 unspecified atom stereocenters. The monoisotopic (exact) mass is 233 g/mol. The van der Waals surface area contributed by atoms with Crippen LogP contribution in [0, 0.1) is 5.82 Å². The van der Waals surface area contributed by atoms with Crippen molar-refractivity contribution in [1.29, 1.82) is 0 Å². The molecule has 0 saturated carbocycles. The zero-order valence-corrected chi connectivity index (χ0v) is 9.86. The summed E-state index contributed by atoms with van der Waals surface area (Å²) in [5.41, 5.74) is 7.56. The minimum atomic E-state index is -0.211. The smallest absolute Gasteiger partial charge is 0.123 e. The fraction of sp³-hybridized carbons (Fsp3) is 0.308. The number of hydrogen-bond acceptors (Lipinski definition) is 2. The number of aromatic nitrogens is 2. The van der Waals surface area contributed by atoms with Gasteiger partial charge in [0.1, 0.15) is 11.6 Å². The lowest BCUT2D eigenvalue weighted by molar-refractivity contribution is 0.627. The average Bonchev–Trinajstić information content (AvgIpc) is 2.63. The van der Waals surface area contributed by atoms with E-state index in [0.29, 0.717) is 13.0 Å². The highest BCUT2D eigenvalue weighted by atomic mass is 19.1. The lowest BCUT2D eigenvalue weighted by Gasteiger charge is -2.01. The summed E-state index contributed by atoms with van der Waals surface area (Å²) in [6.45, 7) is 0.604. The molecule has 1 aromatic heterocycles. The van der Waals surface area contributed by atoms with Gasteiger partial charge in [-0.25, -0.2) is 9.37 Å². The summed E-state index contributed by atoms with van der Waals surface area (Å²) in [6, 6.07) is 6.51. The van der Waals surface area contributed by atoms with Crippen molar-refractivity contribution >= 4 is 0 Å². The van der Waals surface area contributed by atoms with Crippen molar-refractivity contribution in [2.24, 2.45) is 12.8 Å². The Hall–Kier alpha value is -1.68. The third-order valence-corrected chi connectivity index (χ3v) is 2.70. The quantitative estimate of drug-likeness (QED) is 0.872. The van der Waals surface area contributed by atoms with Crippen LogP contribution in [-0.4, -0.2) is 16.1 Å². The van der Waals surface area contributed by atoms with E-state index < -0.39 is 0 Å². The molecule has 0 spiro atoms. The normalized spacial score (nSPS) is 10.8. The molecule has 4 heteroatoms. The fourth-order valence-corrected chi connectivity index (χ4v) is 1.79. The van der Waals surface area contributed by atoms with Crippen molar-refractivity contribution in [1.82, 2.24) is 9.55 Å². The number of rotatable bonds is 4. The molecule has 0 aliphatic rings. The molecule has 0 radical (unpaired) electrons. The summed E-state index contributed by atoms with van der Waals surface area (Å²) in [5.74, 6) is 0.762. The standard InChI is InChI=1S/C13H16FN3/c1-17-9-12(6-7-15)16-13(17)8-10-2-4-11(14)5-3-10/h2-5,9H,6-8,15H2,1H3. The molecule has 3 nitrogen and oxygen atoms in total. The summed E-state index contributed by atoms with van der Waals surface area (Å²) >= 11 is 0. The molecule has 1 aromatic carbocycles. The highest BCUT2D eigenvalue weighted by Gasteiger charge is 2.05. The second-order valence-electron chi connectivity index (χ2n) is 4.10. The van der Waals surface area contributed by atoms with E-state index >= 15 is 0 Å². The van der Waals surface area contributed by atoms with Gasteiger partial charge in [0, 0.05) is 26.1 Å². The summed E-state index contributed by atoms with van der Waals surface area (Å²) in [4.78, 5) is 4.51. The van der Waals surface area contributed by atoms with Gasteiger partial charge in [-0.05, 0) is 24.2 Å². The Balaban J connectivity index is 2.15. The van der Waals surface area contributed by atoms with Gasteiger partial charge >= 0.3 is 0 Å². The molecule has 2 N–H and O–H groups in total. The fourth-order valence-electron chi connectivity index (χ4n) is 1.79. The van der Waals surface area contributed by atoms with Gasteiger partial charge in [0.15, 0.2) is 0 Å². The Kier molecular flexibility index (Phi) is 3.54. The van der Waals surface area contributed by atoms with Gasteiger partial charge in [-0.2, -0.15) is 0 Å². The van der Waals surface area contributed by atoms with Gasteiger partial charge in [0.2, 0.25) is 0 Å². The molecular formula is C13H16FN3. The Morgan fingerprint density at radius 1 is 1.29 bits per heavy atom. The summed E-state index contributed by atoms with van der Waals surface area (Å²) in [6.07, 6.45) is 3.49. The summed E-state index contributed by atoms with van der Waals surface area (Å²) < 4.78 is 14.8. The largest absolute Gasteiger partial charge is 0.337 e. The molecule has 0 atom stereocenters. The molecule has 17 heavy (non-hydrogen) atoms. The van der Waals surface area contributed by atoms with Crippen LogP contribution in [0.2, 0.25) is 0 Å². The molecule has 1 heterocycles. The maximum Gasteiger partial charge on any atom is 0.123 e. The first kappa shape index (κ1) is 11.8. The van der Waals surface area contributed by atoms with Crippen LogP contribution in [0.4, 0.5) is 4.39 Å². The first-order valence-electron chi connectivity index (χ1n) is 5.64. The number of nitrogens with two attached hydrogens (primary N) is 1. The van der Waals surface area contributed by atoms with E-state index in [4.69, 9.17) is 5.73 Å². The molecule has 2 aromatic rings. The highest BCUT2D eigenvalue weighted by molar-refractivity contribution is 5.21. The Bertz CT molecular complexity index is 488. The van der Waals surface area contributed by atoms with E-state index in [0.717, 1.165) is 23.5 Å². The van der Waals surface area contributed by atoms with Gasteiger partial charge in [0.25, 0.3) is 0 Å². The number of benzene rings is 1. The topological polar surface area (TPSA) is 43.8 Å².